The molecule has 2 nitrogen and oxygen atoms in total. The number of anilines is 1. The number of para-hydroxylation sites is 1. The van der Waals surface area contributed by atoms with Crippen LogP contribution >= 0.6 is 11.6 Å². The van der Waals surface area contributed by atoms with E-state index in [1.54, 1.807) is 6.07 Å². The van der Waals surface area contributed by atoms with Gasteiger partial charge in [0.1, 0.15) is 0 Å². The second-order valence-corrected chi connectivity index (χ2v) is 5.13. The first kappa shape index (κ1) is 14.6. The second kappa shape index (κ2) is 7.11. The van der Waals surface area contributed by atoms with E-state index in [2.05, 4.69) is 12.2 Å². The van der Waals surface area contributed by atoms with E-state index in [0.29, 0.717) is 10.7 Å². The highest BCUT2D eigenvalue weighted by molar-refractivity contribution is 6.33. The molecule has 0 saturated heterocycles. The molecule has 0 bridgehead atoms. The van der Waals surface area contributed by atoms with Crippen molar-refractivity contribution >= 4 is 23.2 Å². The molecule has 20 heavy (non-hydrogen) atoms. The molecule has 0 radical (unpaired) electrons. The molecule has 2 aromatic rings. The van der Waals surface area contributed by atoms with E-state index in [0.717, 1.165) is 18.4 Å². The van der Waals surface area contributed by atoms with Crippen LogP contribution in [-0.4, -0.2) is 5.91 Å². The zero-order valence-electron chi connectivity index (χ0n) is 11.5. The van der Waals surface area contributed by atoms with Crippen molar-refractivity contribution in [1.82, 2.24) is 0 Å². The van der Waals surface area contributed by atoms with Gasteiger partial charge in [0.15, 0.2) is 0 Å². The number of benzene rings is 2. The molecule has 1 N–H and O–H groups in total. The van der Waals surface area contributed by atoms with Crippen molar-refractivity contribution in [3.63, 3.8) is 0 Å². The molecule has 0 fully saturated rings. The van der Waals surface area contributed by atoms with Crippen molar-refractivity contribution in [3.8, 4) is 0 Å². The van der Waals surface area contributed by atoms with Gasteiger partial charge in [0.2, 0.25) is 5.91 Å². The summed E-state index contributed by atoms with van der Waals surface area (Å²) < 4.78 is 0. The van der Waals surface area contributed by atoms with Crippen LogP contribution in [0.1, 0.15) is 31.2 Å². The summed E-state index contributed by atoms with van der Waals surface area (Å²) in [5, 5.41) is 3.48. The summed E-state index contributed by atoms with van der Waals surface area (Å²) >= 11 is 6.08. The van der Waals surface area contributed by atoms with Crippen molar-refractivity contribution in [2.45, 2.75) is 25.7 Å². The fraction of sp³-hybridized carbons (Fsp3) is 0.235. The summed E-state index contributed by atoms with van der Waals surface area (Å²) in [7, 11) is 0. The third-order valence-electron chi connectivity index (χ3n) is 3.23. The molecule has 0 aliphatic heterocycles. The topological polar surface area (TPSA) is 29.1 Å². The lowest BCUT2D eigenvalue weighted by Crippen LogP contribution is -2.21. The number of carbonyl (C=O) groups excluding carboxylic acids is 1. The molecule has 1 atom stereocenters. The first-order chi connectivity index (χ1) is 9.72. The first-order valence-corrected chi connectivity index (χ1v) is 7.20. The molecule has 0 aliphatic carbocycles. The zero-order valence-corrected chi connectivity index (χ0v) is 12.2. The molecule has 1 unspecified atom stereocenters. The molecule has 0 aliphatic rings. The van der Waals surface area contributed by atoms with Crippen molar-refractivity contribution in [2.24, 2.45) is 0 Å². The molecular weight excluding hydrogens is 270 g/mol. The van der Waals surface area contributed by atoms with Gasteiger partial charge in [0, 0.05) is 0 Å². The van der Waals surface area contributed by atoms with E-state index >= 15 is 0 Å². The van der Waals surface area contributed by atoms with E-state index < -0.39 is 0 Å². The molecular formula is C17H18ClNO. The molecule has 104 valence electrons. The van der Waals surface area contributed by atoms with Crippen molar-refractivity contribution in [3.05, 3.63) is 65.2 Å². The predicted octanol–water partition coefficient (Wildman–Crippen LogP) is 4.86. The molecule has 3 heteroatoms. The highest BCUT2D eigenvalue weighted by atomic mass is 35.5. The lowest BCUT2D eigenvalue weighted by molar-refractivity contribution is -0.117. The molecule has 2 rings (SSSR count). The smallest absolute Gasteiger partial charge is 0.231 e. The van der Waals surface area contributed by atoms with Gasteiger partial charge in [-0.15, -0.1) is 0 Å². The molecule has 2 aromatic carbocycles. The van der Waals surface area contributed by atoms with Crippen molar-refractivity contribution < 1.29 is 4.79 Å². The number of rotatable bonds is 5. The van der Waals surface area contributed by atoms with Gasteiger partial charge in [-0.05, 0) is 24.1 Å². The highest BCUT2D eigenvalue weighted by Gasteiger charge is 2.20. The van der Waals surface area contributed by atoms with Gasteiger partial charge in [-0.3, -0.25) is 4.79 Å². The Hall–Kier alpha value is -1.80. The van der Waals surface area contributed by atoms with Gasteiger partial charge in [0.25, 0.3) is 0 Å². The SMILES string of the molecule is CCCC(C(=O)Nc1ccccc1Cl)c1ccccc1. The Morgan fingerprint density at radius 3 is 2.40 bits per heavy atom. The van der Waals surface area contributed by atoms with Crippen LogP contribution in [0.2, 0.25) is 5.02 Å². The average molecular weight is 288 g/mol. The molecule has 0 saturated carbocycles. The Morgan fingerprint density at radius 1 is 1.10 bits per heavy atom. The molecule has 1 amide bonds. The number of nitrogens with one attached hydrogen (secondary N) is 1. The Bertz CT molecular complexity index is 568. The van der Waals surface area contributed by atoms with Crippen LogP contribution < -0.4 is 5.32 Å². The number of halogens is 1. The largest absolute Gasteiger partial charge is 0.324 e. The Kier molecular flexibility index (Phi) is 5.19. The monoisotopic (exact) mass is 287 g/mol. The van der Waals surface area contributed by atoms with E-state index in [4.69, 9.17) is 11.6 Å². The van der Waals surface area contributed by atoms with Crippen molar-refractivity contribution in [2.75, 3.05) is 5.32 Å². The van der Waals surface area contributed by atoms with Gasteiger partial charge >= 0.3 is 0 Å². The van der Waals surface area contributed by atoms with Gasteiger partial charge in [0.05, 0.1) is 16.6 Å². The number of amides is 1. The van der Waals surface area contributed by atoms with E-state index in [-0.39, 0.29) is 11.8 Å². The van der Waals surface area contributed by atoms with Gasteiger partial charge in [-0.1, -0.05) is 67.4 Å². The maximum atomic E-state index is 12.5. The molecule has 0 aromatic heterocycles. The van der Waals surface area contributed by atoms with Crippen LogP contribution in [-0.2, 0) is 4.79 Å². The molecule has 0 spiro atoms. The fourth-order valence-electron chi connectivity index (χ4n) is 2.21. The predicted molar refractivity (Wildman–Crippen MR) is 84.2 cm³/mol. The van der Waals surface area contributed by atoms with Crippen molar-refractivity contribution in [1.29, 1.82) is 0 Å². The maximum absolute atomic E-state index is 12.5. The average Bonchev–Trinajstić information content (AvgIpc) is 2.48. The Morgan fingerprint density at radius 2 is 1.75 bits per heavy atom. The summed E-state index contributed by atoms with van der Waals surface area (Å²) in [5.74, 6) is -0.149. The van der Waals surface area contributed by atoms with Gasteiger partial charge < -0.3 is 5.32 Å². The summed E-state index contributed by atoms with van der Waals surface area (Å²) in [6.45, 7) is 2.08. The fourth-order valence-corrected chi connectivity index (χ4v) is 2.39. The second-order valence-electron chi connectivity index (χ2n) is 4.72. The highest BCUT2D eigenvalue weighted by Crippen LogP contribution is 2.26. The minimum absolute atomic E-state index is 0.00819. The summed E-state index contributed by atoms with van der Waals surface area (Å²) in [6.07, 6.45) is 1.77. The van der Waals surface area contributed by atoms with Crippen LogP contribution in [0.15, 0.2) is 54.6 Å². The summed E-state index contributed by atoms with van der Waals surface area (Å²) in [6, 6.07) is 17.2. The van der Waals surface area contributed by atoms with E-state index in [1.165, 1.54) is 0 Å². The quantitative estimate of drug-likeness (QED) is 0.836. The third-order valence-corrected chi connectivity index (χ3v) is 3.56. The molecule has 0 heterocycles. The minimum atomic E-state index is -0.141. The van der Waals surface area contributed by atoms with E-state index in [9.17, 15) is 4.79 Å². The van der Waals surface area contributed by atoms with Crippen LogP contribution in [0.25, 0.3) is 0 Å². The van der Waals surface area contributed by atoms with Gasteiger partial charge in [-0.25, -0.2) is 0 Å². The van der Waals surface area contributed by atoms with Crippen LogP contribution in [0, 0.1) is 0 Å². The lowest BCUT2D eigenvalue weighted by Gasteiger charge is -2.17. The minimum Gasteiger partial charge on any atom is -0.324 e. The van der Waals surface area contributed by atoms with Crippen LogP contribution in [0.5, 0.6) is 0 Å². The summed E-state index contributed by atoms with van der Waals surface area (Å²) in [5.41, 5.74) is 1.70. The lowest BCUT2D eigenvalue weighted by atomic mass is 9.93. The number of carbonyl (C=O) groups is 1. The maximum Gasteiger partial charge on any atom is 0.231 e. The Balaban J connectivity index is 2.18. The number of hydrogen-bond acceptors (Lipinski definition) is 1. The number of hydrogen-bond donors (Lipinski definition) is 1. The zero-order chi connectivity index (χ0) is 14.4. The van der Waals surface area contributed by atoms with Crippen LogP contribution in [0.4, 0.5) is 5.69 Å². The third kappa shape index (κ3) is 3.61. The van der Waals surface area contributed by atoms with Gasteiger partial charge in [-0.2, -0.15) is 0 Å². The standard InChI is InChI=1S/C17H18ClNO/c1-2-8-14(13-9-4-3-5-10-13)17(20)19-16-12-7-6-11-15(16)18/h3-7,9-12,14H,2,8H2,1H3,(H,19,20). The summed E-state index contributed by atoms with van der Waals surface area (Å²) in [4.78, 5) is 12.5. The van der Waals surface area contributed by atoms with Crippen LogP contribution in [0.3, 0.4) is 0 Å². The Labute approximate surface area is 124 Å². The normalized spacial score (nSPS) is 11.9. The first-order valence-electron chi connectivity index (χ1n) is 6.82. The van der Waals surface area contributed by atoms with E-state index in [1.807, 2.05) is 48.5 Å².